The third-order valence-electron chi connectivity index (χ3n) is 1.04. The number of rotatable bonds is 2. The lowest BCUT2D eigenvalue weighted by atomic mass is 10.4. The molecule has 1 N–H and O–H groups in total. The van der Waals surface area contributed by atoms with Crippen molar-refractivity contribution in [1.29, 1.82) is 0 Å². The van der Waals surface area contributed by atoms with Crippen LogP contribution in [-0.4, -0.2) is 11.1 Å². The highest BCUT2D eigenvalue weighted by Gasteiger charge is 1.77. The summed E-state index contributed by atoms with van der Waals surface area (Å²) in [5, 5.41) is 7.91. The Hall–Kier alpha value is -1.83. The van der Waals surface area contributed by atoms with Gasteiger partial charge in [0.05, 0.1) is 0 Å². The number of hydrogen-bond acceptors (Lipinski definition) is 1. The first-order valence-electron chi connectivity index (χ1n) is 3.79. The molecule has 0 spiro atoms. The van der Waals surface area contributed by atoms with E-state index in [1.165, 1.54) is 12.2 Å². The summed E-state index contributed by atoms with van der Waals surface area (Å²) >= 11 is 0. The lowest BCUT2D eigenvalue weighted by Crippen LogP contribution is -1.83. The second kappa shape index (κ2) is 8.27. The zero-order valence-electron chi connectivity index (χ0n) is 7.26. The molecule has 2 heteroatoms. The van der Waals surface area contributed by atoms with Gasteiger partial charge in [-0.1, -0.05) is 55.1 Å². The summed E-state index contributed by atoms with van der Waals surface area (Å²) in [6.07, 6.45) is 3.80. The van der Waals surface area contributed by atoms with Gasteiger partial charge in [-0.3, -0.25) is 0 Å². The predicted octanol–water partition coefficient (Wildman–Crippen LogP) is 2.50. The van der Waals surface area contributed by atoms with Gasteiger partial charge in [0, 0.05) is 6.08 Å². The first-order valence-corrected chi connectivity index (χ1v) is 3.79. The highest BCUT2D eigenvalue weighted by Crippen LogP contribution is 1.79. The van der Waals surface area contributed by atoms with Gasteiger partial charge in [0.15, 0.2) is 0 Å². The Kier molecular flexibility index (Phi) is 7.10. The van der Waals surface area contributed by atoms with Crippen LogP contribution in [0, 0.1) is 0 Å². The molecule has 0 radical (unpaired) electrons. The van der Waals surface area contributed by atoms with Crippen LogP contribution in [-0.2, 0) is 4.79 Å². The number of carbonyl (C=O) groups is 1. The van der Waals surface area contributed by atoms with Crippen LogP contribution in [0.15, 0.2) is 61.2 Å². The second-order valence-corrected chi connectivity index (χ2v) is 2.09. The Morgan fingerprint density at radius 2 is 1.46 bits per heavy atom. The molecule has 0 amide bonds. The molecule has 68 valence electrons. The topological polar surface area (TPSA) is 37.3 Å². The Labute approximate surface area is 77.8 Å². The zero-order chi connectivity index (χ0) is 9.94. The van der Waals surface area contributed by atoms with E-state index in [0.717, 1.165) is 6.08 Å². The molecule has 0 saturated carbocycles. The van der Waals surface area contributed by atoms with E-state index in [1.807, 2.05) is 36.4 Å². The van der Waals surface area contributed by atoms with Crippen LogP contribution >= 0.6 is 0 Å². The summed E-state index contributed by atoms with van der Waals surface area (Å²) in [4.78, 5) is 9.62. The number of aliphatic carboxylic acids is 1. The van der Waals surface area contributed by atoms with Crippen molar-refractivity contribution >= 4 is 5.97 Å². The summed E-state index contributed by atoms with van der Waals surface area (Å²) in [6.45, 7) is 3.28. The van der Waals surface area contributed by atoms with Crippen molar-refractivity contribution in [3.05, 3.63) is 61.2 Å². The molecule has 13 heavy (non-hydrogen) atoms. The van der Waals surface area contributed by atoms with Crippen molar-refractivity contribution in [1.82, 2.24) is 0 Å². The van der Waals surface area contributed by atoms with Gasteiger partial charge in [0.1, 0.15) is 0 Å². The van der Waals surface area contributed by atoms with Gasteiger partial charge in [-0.25, -0.2) is 4.79 Å². The van der Waals surface area contributed by atoms with E-state index in [2.05, 4.69) is 6.58 Å². The largest absolute Gasteiger partial charge is 0.478 e. The van der Waals surface area contributed by atoms with E-state index < -0.39 is 5.97 Å². The van der Waals surface area contributed by atoms with Crippen molar-refractivity contribution in [3.63, 3.8) is 0 Å². The van der Waals surface area contributed by atoms with E-state index in [4.69, 9.17) is 5.11 Å². The van der Waals surface area contributed by atoms with Gasteiger partial charge >= 0.3 is 5.97 Å². The van der Waals surface area contributed by atoms with Crippen molar-refractivity contribution in [2.45, 2.75) is 0 Å². The quantitative estimate of drug-likeness (QED) is 0.555. The van der Waals surface area contributed by atoms with Crippen LogP contribution < -0.4 is 0 Å². The molecule has 0 bridgehead atoms. The number of carboxylic acids is 1. The predicted molar refractivity (Wildman–Crippen MR) is 53.4 cm³/mol. The molecule has 0 unspecified atom stereocenters. The van der Waals surface area contributed by atoms with E-state index in [-0.39, 0.29) is 0 Å². The van der Waals surface area contributed by atoms with E-state index >= 15 is 0 Å². The second-order valence-electron chi connectivity index (χ2n) is 2.09. The molecular formula is C11H12O2. The van der Waals surface area contributed by atoms with Crippen LogP contribution in [0.4, 0.5) is 0 Å². The van der Waals surface area contributed by atoms with Crippen molar-refractivity contribution < 1.29 is 9.90 Å². The summed E-state index contributed by atoms with van der Waals surface area (Å²) in [7, 11) is 0. The van der Waals surface area contributed by atoms with Crippen LogP contribution in [0.3, 0.4) is 0 Å². The standard InChI is InChI=1S/C6H6.C5H6O2/c1-2-4-6-5-3-1;1-2-3-4-5(6)7/h1-6H;2-4H,1H2,(H,6,7). The maximum absolute atomic E-state index is 9.62. The lowest BCUT2D eigenvalue weighted by molar-refractivity contribution is -0.131. The smallest absolute Gasteiger partial charge is 0.328 e. The molecule has 0 aliphatic carbocycles. The lowest BCUT2D eigenvalue weighted by Gasteiger charge is -1.70. The van der Waals surface area contributed by atoms with Gasteiger partial charge < -0.3 is 5.11 Å². The molecule has 0 aromatic heterocycles. The Morgan fingerprint density at radius 3 is 1.62 bits per heavy atom. The van der Waals surface area contributed by atoms with Gasteiger partial charge in [0.2, 0.25) is 0 Å². The summed E-state index contributed by atoms with van der Waals surface area (Å²) < 4.78 is 0. The average Bonchev–Trinajstić information content (AvgIpc) is 2.18. The summed E-state index contributed by atoms with van der Waals surface area (Å²) in [5.74, 6) is -0.945. The van der Waals surface area contributed by atoms with E-state index in [0.29, 0.717) is 0 Å². The average molecular weight is 176 g/mol. The molecule has 1 aromatic carbocycles. The number of carboxylic acid groups (broad SMARTS) is 1. The maximum Gasteiger partial charge on any atom is 0.328 e. The molecule has 2 nitrogen and oxygen atoms in total. The Morgan fingerprint density at radius 1 is 1.08 bits per heavy atom. The van der Waals surface area contributed by atoms with Crippen LogP contribution in [0.25, 0.3) is 0 Å². The third-order valence-corrected chi connectivity index (χ3v) is 1.04. The molecule has 0 fully saturated rings. The highest BCUT2D eigenvalue weighted by atomic mass is 16.4. The fourth-order valence-electron chi connectivity index (χ4n) is 0.535. The van der Waals surface area contributed by atoms with Crippen molar-refractivity contribution in [2.75, 3.05) is 0 Å². The zero-order valence-corrected chi connectivity index (χ0v) is 7.26. The number of hydrogen-bond donors (Lipinski definition) is 1. The van der Waals surface area contributed by atoms with Gasteiger partial charge in [-0.05, 0) is 0 Å². The van der Waals surface area contributed by atoms with Gasteiger partial charge in [-0.2, -0.15) is 0 Å². The third kappa shape index (κ3) is 10.2. The minimum atomic E-state index is -0.945. The summed E-state index contributed by atoms with van der Waals surface area (Å²) in [6, 6.07) is 12.0. The Balaban J connectivity index is 0.000000223. The Bertz CT molecular complexity index is 236. The van der Waals surface area contributed by atoms with Gasteiger partial charge in [0.25, 0.3) is 0 Å². The molecular weight excluding hydrogens is 164 g/mol. The van der Waals surface area contributed by atoms with Crippen molar-refractivity contribution in [2.24, 2.45) is 0 Å². The SMILES string of the molecule is C=CC=CC(=O)O.c1ccccc1. The van der Waals surface area contributed by atoms with Crippen LogP contribution in [0.2, 0.25) is 0 Å². The molecule has 0 saturated heterocycles. The minimum Gasteiger partial charge on any atom is -0.478 e. The maximum atomic E-state index is 9.62. The molecule has 0 aliphatic heterocycles. The molecule has 1 rings (SSSR count). The van der Waals surface area contributed by atoms with Crippen LogP contribution in [0.5, 0.6) is 0 Å². The first kappa shape index (κ1) is 11.2. The van der Waals surface area contributed by atoms with Crippen molar-refractivity contribution in [3.8, 4) is 0 Å². The fraction of sp³-hybridized carbons (Fsp3) is 0. The van der Waals surface area contributed by atoms with E-state index in [1.54, 1.807) is 0 Å². The highest BCUT2D eigenvalue weighted by molar-refractivity contribution is 5.79. The normalized spacial score (nSPS) is 8.62. The van der Waals surface area contributed by atoms with Crippen LogP contribution in [0.1, 0.15) is 0 Å². The minimum absolute atomic E-state index is 0.945. The molecule has 0 atom stereocenters. The number of benzene rings is 1. The molecule has 0 heterocycles. The van der Waals surface area contributed by atoms with Gasteiger partial charge in [-0.15, -0.1) is 0 Å². The monoisotopic (exact) mass is 176 g/mol. The first-order chi connectivity index (χ1) is 6.27. The molecule has 1 aromatic rings. The fourth-order valence-corrected chi connectivity index (χ4v) is 0.535. The molecule has 0 aliphatic rings. The number of allylic oxidation sites excluding steroid dienone is 2. The van der Waals surface area contributed by atoms with E-state index in [9.17, 15) is 4.79 Å². The summed E-state index contributed by atoms with van der Waals surface area (Å²) in [5.41, 5.74) is 0.